The number of carbonyl (C=O) groups excluding carboxylic acids is 1. The van der Waals surface area contributed by atoms with Crippen LogP contribution in [0.1, 0.15) is 42.2 Å². The second-order valence-corrected chi connectivity index (χ2v) is 8.42. The first-order chi connectivity index (χ1) is 15.6. The number of benzene rings is 2. The molecule has 0 N–H and O–H groups in total. The van der Waals surface area contributed by atoms with Crippen LogP contribution in [0.5, 0.6) is 5.75 Å². The van der Waals surface area contributed by atoms with Crippen LogP contribution in [0.2, 0.25) is 0 Å². The van der Waals surface area contributed by atoms with Gasteiger partial charge < -0.3 is 9.30 Å². The highest BCUT2D eigenvalue weighted by Crippen LogP contribution is 2.34. The van der Waals surface area contributed by atoms with Crippen LogP contribution in [-0.4, -0.2) is 46.3 Å². The van der Waals surface area contributed by atoms with Crippen molar-refractivity contribution in [3.05, 3.63) is 89.7 Å². The van der Waals surface area contributed by atoms with Gasteiger partial charge >= 0.3 is 0 Å². The molecule has 0 saturated heterocycles. The van der Waals surface area contributed by atoms with E-state index in [2.05, 4.69) is 46.9 Å². The summed E-state index contributed by atoms with van der Waals surface area (Å²) in [6, 6.07) is 22.4. The molecule has 2 aliphatic heterocycles. The Kier molecular flexibility index (Phi) is 5.53. The van der Waals surface area contributed by atoms with Crippen molar-refractivity contribution in [3.63, 3.8) is 0 Å². The first kappa shape index (κ1) is 20.5. The molecule has 3 aromatic rings. The smallest absolute Gasteiger partial charge is 0.257 e. The van der Waals surface area contributed by atoms with E-state index in [-0.39, 0.29) is 18.0 Å². The standard InChI is InChI=1S/C26H28N4O2/c1-19-24-9-6-14-28(24)15-16-29(19)18-26(31)30-25(21-10-12-22(32-2)13-11-21)17-23(27-30)20-7-4-3-5-8-20/h3-14,19,25H,15-18H2,1-2H3/t19-,25+/m0/s1. The van der Waals surface area contributed by atoms with E-state index in [1.54, 1.807) is 12.1 Å². The molecule has 164 valence electrons. The summed E-state index contributed by atoms with van der Waals surface area (Å²) in [5.74, 6) is 0.836. The van der Waals surface area contributed by atoms with Crippen molar-refractivity contribution in [2.75, 3.05) is 20.2 Å². The Morgan fingerprint density at radius 1 is 1.03 bits per heavy atom. The van der Waals surface area contributed by atoms with Gasteiger partial charge in [0.2, 0.25) is 0 Å². The fourth-order valence-corrected chi connectivity index (χ4v) is 4.72. The van der Waals surface area contributed by atoms with E-state index in [0.717, 1.165) is 35.7 Å². The lowest BCUT2D eigenvalue weighted by Gasteiger charge is -2.35. The number of methoxy groups -OCH3 is 1. The van der Waals surface area contributed by atoms with Crippen molar-refractivity contribution in [1.82, 2.24) is 14.5 Å². The van der Waals surface area contributed by atoms with Crippen molar-refractivity contribution in [3.8, 4) is 5.75 Å². The Labute approximate surface area is 188 Å². The molecule has 2 aliphatic rings. The zero-order valence-electron chi connectivity index (χ0n) is 18.5. The molecule has 32 heavy (non-hydrogen) atoms. The third kappa shape index (κ3) is 3.82. The quantitative estimate of drug-likeness (QED) is 0.610. The van der Waals surface area contributed by atoms with Crippen LogP contribution in [0.25, 0.3) is 0 Å². The van der Waals surface area contributed by atoms with E-state index in [1.165, 1.54) is 5.69 Å². The minimum atomic E-state index is -0.118. The average molecular weight is 429 g/mol. The van der Waals surface area contributed by atoms with Crippen LogP contribution < -0.4 is 4.74 Å². The maximum absolute atomic E-state index is 13.5. The summed E-state index contributed by atoms with van der Waals surface area (Å²) < 4.78 is 7.58. The number of hydrogen-bond acceptors (Lipinski definition) is 4. The van der Waals surface area contributed by atoms with Crippen LogP contribution in [-0.2, 0) is 11.3 Å². The molecule has 6 heteroatoms. The summed E-state index contributed by atoms with van der Waals surface area (Å²) in [5, 5.41) is 6.52. The molecule has 0 aliphatic carbocycles. The van der Waals surface area contributed by atoms with Gasteiger partial charge in [0.15, 0.2) is 0 Å². The highest BCUT2D eigenvalue weighted by Gasteiger charge is 2.35. The minimum absolute atomic E-state index is 0.0311. The van der Waals surface area contributed by atoms with Gasteiger partial charge in [0.25, 0.3) is 5.91 Å². The predicted octanol–water partition coefficient (Wildman–Crippen LogP) is 4.25. The molecule has 0 saturated carbocycles. The molecule has 0 fully saturated rings. The fourth-order valence-electron chi connectivity index (χ4n) is 4.72. The first-order valence-electron chi connectivity index (χ1n) is 11.1. The summed E-state index contributed by atoms with van der Waals surface area (Å²) >= 11 is 0. The Hall–Kier alpha value is -3.38. The number of nitrogens with zero attached hydrogens (tertiary/aromatic N) is 4. The molecular formula is C26H28N4O2. The summed E-state index contributed by atoms with van der Waals surface area (Å²) in [4.78, 5) is 15.8. The summed E-state index contributed by atoms with van der Waals surface area (Å²) in [6.07, 6.45) is 2.81. The van der Waals surface area contributed by atoms with Crippen molar-refractivity contribution in [1.29, 1.82) is 0 Å². The molecule has 0 bridgehead atoms. The van der Waals surface area contributed by atoms with Crippen LogP contribution in [0.4, 0.5) is 0 Å². The second-order valence-electron chi connectivity index (χ2n) is 8.42. The van der Waals surface area contributed by atoms with Crippen molar-refractivity contribution < 1.29 is 9.53 Å². The van der Waals surface area contributed by atoms with E-state index >= 15 is 0 Å². The van der Waals surface area contributed by atoms with Crippen LogP contribution >= 0.6 is 0 Å². The molecule has 0 spiro atoms. The third-order valence-corrected chi connectivity index (χ3v) is 6.58. The summed E-state index contributed by atoms with van der Waals surface area (Å²) in [5.41, 5.74) is 4.32. The van der Waals surface area contributed by atoms with E-state index in [0.29, 0.717) is 13.0 Å². The van der Waals surface area contributed by atoms with Gasteiger partial charge in [-0.25, -0.2) is 5.01 Å². The lowest BCUT2D eigenvalue weighted by molar-refractivity contribution is -0.135. The van der Waals surface area contributed by atoms with Gasteiger partial charge in [0.05, 0.1) is 25.4 Å². The van der Waals surface area contributed by atoms with Gasteiger partial charge in [0, 0.05) is 37.4 Å². The number of ether oxygens (including phenoxy) is 1. The van der Waals surface area contributed by atoms with Gasteiger partial charge in [-0.15, -0.1) is 0 Å². The number of fused-ring (bicyclic) bond motifs is 1. The monoisotopic (exact) mass is 428 g/mol. The second kappa shape index (κ2) is 8.63. The average Bonchev–Trinajstić information content (AvgIpc) is 3.50. The predicted molar refractivity (Wildman–Crippen MR) is 125 cm³/mol. The number of rotatable bonds is 5. The zero-order chi connectivity index (χ0) is 22.1. The minimum Gasteiger partial charge on any atom is -0.497 e. The lowest BCUT2D eigenvalue weighted by atomic mass is 9.98. The molecule has 0 unspecified atom stereocenters. The molecule has 3 heterocycles. The Balaban J connectivity index is 1.41. The van der Waals surface area contributed by atoms with E-state index in [9.17, 15) is 4.79 Å². The van der Waals surface area contributed by atoms with Gasteiger partial charge in [0.1, 0.15) is 5.75 Å². The molecule has 2 atom stereocenters. The Bertz CT molecular complexity index is 1120. The van der Waals surface area contributed by atoms with Crippen molar-refractivity contribution >= 4 is 11.6 Å². The van der Waals surface area contributed by atoms with Gasteiger partial charge in [-0.2, -0.15) is 5.10 Å². The van der Waals surface area contributed by atoms with Gasteiger partial charge in [-0.3, -0.25) is 9.69 Å². The maximum atomic E-state index is 13.5. The summed E-state index contributed by atoms with van der Waals surface area (Å²) in [6.45, 7) is 4.28. The Morgan fingerprint density at radius 2 is 1.81 bits per heavy atom. The third-order valence-electron chi connectivity index (χ3n) is 6.58. The van der Waals surface area contributed by atoms with E-state index < -0.39 is 0 Å². The lowest BCUT2D eigenvalue weighted by Crippen LogP contribution is -2.43. The van der Waals surface area contributed by atoms with Gasteiger partial charge in [-0.05, 0) is 42.3 Å². The molecule has 2 aromatic carbocycles. The van der Waals surface area contributed by atoms with Crippen molar-refractivity contribution in [2.24, 2.45) is 5.10 Å². The fraction of sp³-hybridized carbons (Fsp3) is 0.308. The van der Waals surface area contributed by atoms with Crippen LogP contribution in [0.15, 0.2) is 78.0 Å². The SMILES string of the molecule is COc1ccc([C@H]2CC(c3ccccc3)=NN2C(=O)CN2CCn3cccc3[C@@H]2C)cc1. The van der Waals surface area contributed by atoms with E-state index in [4.69, 9.17) is 9.84 Å². The number of hydrazone groups is 1. The normalized spacial score (nSPS) is 20.7. The largest absolute Gasteiger partial charge is 0.497 e. The number of carbonyl (C=O) groups is 1. The number of amides is 1. The number of aromatic nitrogens is 1. The maximum Gasteiger partial charge on any atom is 0.257 e. The Morgan fingerprint density at radius 3 is 2.56 bits per heavy atom. The molecule has 6 nitrogen and oxygen atoms in total. The van der Waals surface area contributed by atoms with E-state index in [1.807, 2.05) is 42.5 Å². The molecular weight excluding hydrogens is 400 g/mol. The van der Waals surface area contributed by atoms with Crippen molar-refractivity contribution in [2.45, 2.75) is 32.0 Å². The molecule has 1 aromatic heterocycles. The first-order valence-corrected chi connectivity index (χ1v) is 11.1. The highest BCUT2D eigenvalue weighted by molar-refractivity contribution is 6.03. The summed E-state index contributed by atoms with van der Waals surface area (Å²) in [7, 11) is 1.66. The highest BCUT2D eigenvalue weighted by atomic mass is 16.5. The molecule has 1 amide bonds. The van der Waals surface area contributed by atoms with Crippen LogP contribution in [0, 0.1) is 0 Å². The topological polar surface area (TPSA) is 50.1 Å². The molecule has 5 rings (SSSR count). The van der Waals surface area contributed by atoms with Gasteiger partial charge in [-0.1, -0.05) is 42.5 Å². The van der Waals surface area contributed by atoms with Crippen LogP contribution in [0.3, 0.4) is 0 Å². The zero-order valence-corrected chi connectivity index (χ0v) is 18.5. The number of hydrogen-bond donors (Lipinski definition) is 0. The molecule has 0 radical (unpaired) electrons.